The molecule has 1 aromatic carbocycles. The van der Waals surface area contributed by atoms with E-state index < -0.39 is 17.8 Å². The fourth-order valence-electron chi connectivity index (χ4n) is 3.21. The second-order valence-electron chi connectivity index (χ2n) is 6.32. The Hall–Kier alpha value is -2.79. The van der Waals surface area contributed by atoms with Crippen molar-refractivity contribution in [2.75, 3.05) is 31.8 Å². The Morgan fingerprint density at radius 3 is 2.90 bits per heavy atom. The van der Waals surface area contributed by atoms with Gasteiger partial charge >= 0.3 is 5.97 Å². The lowest BCUT2D eigenvalue weighted by molar-refractivity contribution is -0.139. The smallest absolute Gasteiger partial charge is 0.336 e. The van der Waals surface area contributed by atoms with Crippen molar-refractivity contribution in [3.8, 4) is 11.8 Å². The maximum atomic E-state index is 12.9. The zero-order valence-electron chi connectivity index (χ0n) is 16.8. The number of thioether (sulfide) groups is 1. The lowest BCUT2D eigenvalue weighted by Gasteiger charge is -2.30. The molecule has 0 aliphatic carbocycles. The summed E-state index contributed by atoms with van der Waals surface area (Å²) in [5.74, 6) is 0.280. The summed E-state index contributed by atoms with van der Waals surface area (Å²) in [4.78, 5) is 27.9. The van der Waals surface area contributed by atoms with Gasteiger partial charge in [0.25, 0.3) is 0 Å². The molecule has 2 unspecified atom stereocenters. The summed E-state index contributed by atoms with van der Waals surface area (Å²) in [7, 11) is 1.58. The fraction of sp³-hybridized carbons (Fsp3) is 0.429. The van der Waals surface area contributed by atoms with Crippen LogP contribution in [0.3, 0.4) is 0 Å². The third kappa shape index (κ3) is 5.61. The first-order valence-corrected chi connectivity index (χ1v) is 10.5. The van der Waals surface area contributed by atoms with Crippen molar-refractivity contribution < 1.29 is 19.1 Å². The van der Waals surface area contributed by atoms with E-state index in [-0.39, 0.29) is 6.61 Å². The summed E-state index contributed by atoms with van der Waals surface area (Å²) in [6, 6.07) is 9.68. The first-order valence-electron chi connectivity index (χ1n) is 9.31. The third-order valence-corrected chi connectivity index (χ3v) is 5.49. The molecule has 0 spiro atoms. The van der Waals surface area contributed by atoms with Gasteiger partial charge in [-0.15, -0.1) is 0 Å². The van der Waals surface area contributed by atoms with E-state index in [1.807, 2.05) is 31.2 Å². The zero-order chi connectivity index (χ0) is 21.2. The predicted octanol–water partition coefficient (Wildman–Crippen LogP) is 2.69. The molecule has 29 heavy (non-hydrogen) atoms. The number of nitriles is 1. The molecule has 1 aromatic rings. The molecule has 1 aliphatic heterocycles. The molecule has 0 fully saturated rings. The van der Waals surface area contributed by atoms with Crippen LogP contribution in [0, 0.1) is 17.2 Å². The van der Waals surface area contributed by atoms with Crippen LogP contribution in [0.1, 0.15) is 25.3 Å². The van der Waals surface area contributed by atoms with E-state index in [1.165, 1.54) is 0 Å². The molecule has 0 saturated carbocycles. The number of amides is 1. The SMILES string of the molecule is CCOC(=O)C1=C(CSCCNC=O)N=C(C)C(C#N)C1c1cccc(OC)c1. The quantitative estimate of drug-likeness (QED) is 0.358. The highest BCUT2D eigenvalue weighted by Crippen LogP contribution is 2.40. The van der Waals surface area contributed by atoms with Gasteiger partial charge in [-0.25, -0.2) is 4.79 Å². The van der Waals surface area contributed by atoms with Crippen LogP contribution in [0.15, 0.2) is 40.5 Å². The van der Waals surface area contributed by atoms with E-state index in [2.05, 4.69) is 16.4 Å². The summed E-state index contributed by atoms with van der Waals surface area (Å²) >= 11 is 1.55. The minimum absolute atomic E-state index is 0.233. The van der Waals surface area contributed by atoms with E-state index in [0.29, 0.717) is 47.2 Å². The third-order valence-electron chi connectivity index (χ3n) is 4.52. The van der Waals surface area contributed by atoms with Crippen molar-refractivity contribution in [2.24, 2.45) is 10.9 Å². The Morgan fingerprint density at radius 1 is 1.45 bits per heavy atom. The molecule has 2 rings (SSSR count). The van der Waals surface area contributed by atoms with E-state index in [9.17, 15) is 14.9 Å². The van der Waals surface area contributed by atoms with Gasteiger partial charge in [-0.3, -0.25) is 9.79 Å². The number of hydrogen-bond donors (Lipinski definition) is 1. The average molecular weight is 416 g/mol. The maximum absolute atomic E-state index is 12.9. The Balaban J connectivity index is 2.49. The van der Waals surface area contributed by atoms with Crippen LogP contribution in [-0.2, 0) is 14.3 Å². The van der Waals surface area contributed by atoms with Gasteiger partial charge in [0.2, 0.25) is 6.41 Å². The summed E-state index contributed by atoms with van der Waals surface area (Å²) in [5, 5.41) is 12.4. The number of nitrogens with zero attached hydrogens (tertiary/aromatic N) is 2. The van der Waals surface area contributed by atoms with Gasteiger partial charge in [0, 0.05) is 29.7 Å². The largest absolute Gasteiger partial charge is 0.497 e. The molecule has 1 heterocycles. The molecule has 0 radical (unpaired) electrons. The summed E-state index contributed by atoms with van der Waals surface area (Å²) in [5.41, 5.74) is 2.48. The minimum Gasteiger partial charge on any atom is -0.497 e. The number of carbonyl (C=O) groups excluding carboxylic acids is 2. The van der Waals surface area contributed by atoms with Crippen molar-refractivity contribution >= 4 is 29.9 Å². The Morgan fingerprint density at radius 2 is 2.24 bits per heavy atom. The van der Waals surface area contributed by atoms with E-state index in [0.717, 1.165) is 5.56 Å². The molecular weight excluding hydrogens is 390 g/mol. The van der Waals surface area contributed by atoms with E-state index in [1.54, 1.807) is 25.8 Å². The zero-order valence-corrected chi connectivity index (χ0v) is 17.6. The molecule has 0 bridgehead atoms. The molecule has 1 amide bonds. The number of esters is 1. The molecule has 154 valence electrons. The number of benzene rings is 1. The lowest BCUT2D eigenvalue weighted by atomic mass is 9.76. The highest BCUT2D eigenvalue weighted by molar-refractivity contribution is 7.99. The monoisotopic (exact) mass is 415 g/mol. The predicted molar refractivity (Wildman–Crippen MR) is 113 cm³/mol. The van der Waals surface area contributed by atoms with Crippen LogP contribution >= 0.6 is 11.8 Å². The molecule has 8 heteroatoms. The van der Waals surface area contributed by atoms with Crippen LogP contribution in [0.5, 0.6) is 5.75 Å². The number of carbonyl (C=O) groups is 2. The Bertz CT molecular complexity index is 845. The van der Waals surface area contributed by atoms with E-state index >= 15 is 0 Å². The van der Waals surface area contributed by atoms with Crippen molar-refractivity contribution in [1.82, 2.24) is 5.32 Å². The highest BCUT2D eigenvalue weighted by Gasteiger charge is 2.38. The number of rotatable bonds is 10. The summed E-state index contributed by atoms with van der Waals surface area (Å²) < 4.78 is 10.6. The van der Waals surface area contributed by atoms with Gasteiger partial charge in [-0.05, 0) is 31.5 Å². The second-order valence-corrected chi connectivity index (χ2v) is 7.42. The molecular formula is C21H25N3O4S. The lowest BCUT2D eigenvalue weighted by Crippen LogP contribution is -2.30. The number of nitrogens with one attached hydrogen (secondary N) is 1. The Labute approximate surface area is 175 Å². The highest BCUT2D eigenvalue weighted by atomic mass is 32.2. The topological polar surface area (TPSA) is 101 Å². The Kier molecular flexibility index (Phi) is 8.74. The normalized spacial score (nSPS) is 18.5. The van der Waals surface area contributed by atoms with Crippen LogP contribution in [0.25, 0.3) is 0 Å². The van der Waals surface area contributed by atoms with Gasteiger partial charge in [-0.2, -0.15) is 17.0 Å². The van der Waals surface area contributed by atoms with Gasteiger partial charge in [0.1, 0.15) is 5.75 Å². The molecule has 0 aromatic heterocycles. The molecule has 1 N–H and O–H groups in total. The average Bonchev–Trinajstić information content (AvgIpc) is 2.73. The van der Waals surface area contributed by atoms with Gasteiger partial charge in [-0.1, -0.05) is 12.1 Å². The molecule has 7 nitrogen and oxygen atoms in total. The number of ether oxygens (including phenoxy) is 2. The molecule has 1 aliphatic rings. The molecule has 2 atom stereocenters. The fourth-order valence-corrected chi connectivity index (χ4v) is 4.03. The van der Waals surface area contributed by atoms with Gasteiger partial charge in [0.05, 0.1) is 37.0 Å². The first kappa shape index (κ1) is 22.5. The first-order chi connectivity index (χ1) is 14.1. The second kappa shape index (κ2) is 11.3. The van der Waals surface area contributed by atoms with E-state index in [4.69, 9.17) is 9.47 Å². The van der Waals surface area contributed by atoms with Crippen LogP contribution < -0.4 is 10.1 Å². The maximum Gasteiger partial charge on any atom is 0.336 e. The number of aliphatic imine (C=N–C) groups is 1. The van der Waals surface area contributed by atoms with Crippen molar-refractivity contribution in [1.29, 1.82) is 5.26 Å². The number of methoxy groups -OCH3 is 1. The molecule has 0 saturated heterocycles. The van der Waals surface area contributed by atoms with Crippen molar-refractivity contribution in [3.05, 3.63) is 41.1 Å². The number of hydrogen-bond acceptors (Lipinski definition) is 7. The van der Waals surface area contributed by atoms with Crippen molar-refractivity contribution in [3.63, 3.8) is 0 Å². The summed E-state index contributed by atoms with van der Waals surface area (Å²) in [6.07, 6.45) is 0.656. The summed E-state index contributed by atoms with van der Waals surface area (Å²) in [6.45, 7) is 4.31. The van der Waals surface area contributed by atoms with Crippen LogP contribution in [0.2, 0.25) is 0 Å². The minimum atomic E-state index is -0.577. The van der Waals surface area contributed by atoms with Crippen LogP contribution in [0.4, 0.5) is 0 Å². The van der Waals surface area contributed by atoms with Gasteiger partial charge < -0.3 is 14.8 Å². The standard InChI is InChI=1S/C21H25N3O4S/c1-4-28-21(26)20-18(12-29-9-8-23-13-25)24-14(2)17(11-22)19(20)15-6-5-7-16(10-15)27-3/h5-7,10,13,17,19H,4,8-9,12H2,1-3H3,(H,23,25). The van der Waals surface area contributed by atoms with Gasteiger partial charge in [0.15, 0.2) is 0 Å². The van der Waals surface area contributed by atoms with Crippen molar-refractivity contribution in [2.45, 2.75) is 19.8 Å². The van der Waals surface area contributed by atoms with Crippen LogP contribution in [-0.4, -0.2) is 49.9 Å².